The van der Waals surface area contributed by atoms with Crippen LogP contribution in [-0.4, -0.2) is 42.4 Å². The SMILES string of the molecule is COc1ccccc1NC(=O)COc1ccccc1/C=C1/C(=O)NC(=O)N(c2ccc([N+](=O)[O-])cc2)C1=O. The van der Waals surface area contributed by atoms with Crippen molar-refractivity contribution in [3.63, 3.8) is 0 Å². The molecule has 1 heterocycles. The van der Waals surface area contributed by atoms with Crippen LogP contribution in [0.3, 0.4) is 0 Å². The van der Waals surface area contributed by atoms with Gasteiger partial charge in [0.1, 0.15) is 17.1 Å². The monoisotopic (exact) mass is 516 g/mol. The molecule has 3 aromatic rings. The Morgan fingerprint density at radius 2 is 1.66 bits per heavy atom. The summed E-state index contributed by atoms with van der Waals surface area (Å²) >= 11 is 0. The molecule has 0 aliphatic carbocycles. The number of urea groups is 1. The highest BCUT2D eigenvalue weighted by atomic mass is 16.6. The number of ether oxygens (including phenoxy) is 2. The van der Waals surface area contributed by atoms with Gasteiger partial charge in [-0.15, -0.1) is 0 Å². The standard InChI is InChI=1S/C26H20N4O8/c1-37-22-9-5-3-7-20(22)27-23(31)15-38-21-8-4-2-6-16(21)14-19-24(32)28-26(34)29(25(19)33)17-10-12-18(13-11-17)30(35)36/h2-14H,15H2,1H3,(H,27,31)(H,28,32,34)/b19-14-. The normalized spacial score (nSPS) is 14.2. The first kappa shape index (κ1) is 25.6. The molecule has 1 saturated heterocycles. The second kappa shape index (κ2) is 11.0. The van der Waals surface area contributed by atoms with E-state index in [1.165, 1.54) is 25.3 Å². The molecule has 0 aromatic heterocycles. The number of anilines is 2. The minimum atomic E-state index is -0.997. The van der Waals surface area contributed by atoms with Crippen molar-refractivity contribution in [2.75, 3.05) is 23.9 Å². The Labute approximate surface area is 215 Å². The fourth-order valence-electron chi connectivity index (χ4n) is 3.58. The zero-order valence-corrected chi connectivity index (χ0v) is 19.9. The van der Waals surface area contributed by atoms with E-state index in [1.54, 1.807) is 48.5 Å². The van der Waals surface area contributed by atoms with Gasteiger partial charge in [-0.3, -0.25) is 29.8 Å². The number of methoxy groups -OCH3 is 1. The predicted molar refractivity (Wildman–Crippen MR) is 136 cm³/mol. The van der Waals surface area contributed by atoms with Gasteiger partial charge in [0.15, 0.2) is 6.61 Å². The molecule has 3 aromatic carbocycles. The average molecular weight is 516 g/mol. The van der Waals surface area contributed by atoms with Crippen molar-refractivity contribution in [2.45, 2.75) is 0 Å². The molecule has 4 rings (SSSR count). The molecule has 192 valence electrons. The molecule has 1 aliphatic rings. The van der Waals surface area contributed by atoms with Crippen LogP contribution in [0.25, 0.3) is 6.08 Å². The number of rotatable bonds is 8. The number of non-ortho nitro benzene ring substituents is 1. The number of nitro groups is 1. The molecule has 38 heavy (non-hydrogen) atoms. The van der Waals surface area contributed by atoms with Crippen LogP contribution in [0.4, 0.5) is 21.9 Å². The van der Waals surface area contributed by atoms with Gasteiger partial charge in [-0.2, -0.15) is 0 Å². The maximum atomic E-state index is 13.1. The quantitative estimate of drug-likeness (QED) is 0.200. The first-order valence-electron chi connectivity index (χ1n) is 11.1. The Bertz CT molecular complexity index is 1470. The molecule has 0 unspecified atom stereocenters. The summed E-state index contributed by atoms with van der Waals surface area (Å²) in [6.07, 6.45) is 1.23. The lowest BCUT2D eigenvalue weighted by Crippen LogP contribution is -2.54. The highest BCUT2D eigenvalue weighted by Crippen LogP contribution is 2.27. The van der Waals surface area contributed by atoms with Gasteiger partial charge in [-0.05, 0) is 36.4 Å². The zero-order valence-electron chi connectivity index (χ0n) is 19.9. The van der Waals surface area contributed by atoms with E-state index in [9.17, 15) is 29.3 Å². The number of nitro benzene ring substituents is 1. The van der Waals surface area contributed by atoms with Crippen LogP contribution in [0.2, 0.25) is 0 Å². The van der Waals surface area contributed by atoms with Crippen molar-refractivity contribution in [1.82, 2.24) is 5.32 Å². The number of carbonyl (C=O) groups excluding carboxylic acids is 4. The van der Waals surface area contributed by atoms with Crippen LogP contribution in [0.1, 0.15) is 5.56 Å². The van der Waals surface area contributed by atoms with Crippen molar-refractivity contribution >= 4 is 46.9 Å². The Hall–Kier alpha value is -5.52. The van der Waals surface area contributed by atoms with Crippen LogP contribution in [0.15, 0.2) is 78.4 Å². The van der Waals surface area contributed by atoms with E-state index < -0.39 is 28.7 Å². The number of para-hydroxylation sites is 3. The molecule has 0 spiro atoms. The number of imide groups is 2. The largest absolute Gasteiger partial charge is 0.495 e. The fourth-order valence-corrected chi connectivity index (χ4v) is 3.58. The van der Waals surface area contributed by atoms with Crippen LogP contribution in [0.5, 0.6) is 11.5 Å². The third kappa shape index (κ3) is 5.49. The Balaban J connectivity index is 1.54. The first-order chi connectivity index (χ1) is 18.3. The van der Waals surface area contributed by atoms with Gasteiger partial charge >= 0.3 is 6.03 Å². The summed E-state index contributed by atoms with van der Waals surface area (Å²) in [6, 6.07) is 17.0. The molecular formula is C26H20N4O8. The lowest BCUT2D eigenvalue weighted by Gasteiger charge is -2.26. The second-order valence-corrected chi connectivity index (χ2v) is 7.81. The molecule has 12 heteroatoms. The van der Waals surface area contributed by atoms with Crippen LogP contribution >= 0.6 is 0 Å². The molecule has 0 radical (unpaired) electrons. The van der Waals surface area contributed by atoms with Gasteiger partial charge in [0.25, 0.3) is 23.4 Å². The highest BCUT2D eigenvalue weighted by Gasteiger charge is 2.37. The second-order valence-electron chi connectivity index (χ2n) is 7.81. The molecule has 0 atom stereocenters. The Morgan fingerprint density at radius 3 is 2.34 bits per heavy atom. The van der Waals surface area contributed by atoms with Crippen molar-refractivity contribution in [3.8, 4) is 11.5 Å². The van der Waals surface area contributed by atoms with E-state index in [0.29, 0.717) is 21.9 Å². The number of benzene rings is 3. The molecule has 5 amide bonds. The number of barbiturate groups is 1. The Kier molecular flexibility index (Phi) is 7.43. The third-order valence-corrected chi connectivity index (χ3v) is 5.38. The highest BCUT2D eigenvalue weighted by molar-refractivity contribution is 6.39. The van der Waals surface area contributed by atoms with E-state index >= 15 is 0 Å². The summed E-state index contributed by atoms with van der Waals surface area (Å²) in [5, 5.41) is 15.7. The van der Waals surface area contributed by atoms with Crippen molar-refractivity contribution in [1.29, 1.82) is 0 Å². The lowest BCUT2D eigenvalue weighted by atomic mass is 10.1. The van der Waals surface area contributed by atoms with Gasteiger partial charge in [0.2, 0.25) is 0 Å². The van der Waals surface area contributed by atoms with Gasteiger partial charge in [-0.1, -0.05) is 30.3 Å². The Morgan fingerprint density at radius 1 is 1.00 bits per heavy atom. The molecule has 1 aliphatic heterocycles. The van der Waals surface area contributed by atoms with Gasteiger partial charge in [0, 0.05) is 17.7 Å². The van der Waals surface area contributed by atoms with Crippen molar-refractivity contribution < 1.29 is 33.6 Å². The maximum Gasteiger partial charge on any atom is 0.335 e. The predicted octanol–water partition coefficient (Wildman–Crippen LogP) is 3.29. The molecular weight excluding hydrogens is 496 g/mol. The molecule has 0 bridgehead atoms. The van der Waals surface area contributed by atoms with Crippen LogP contribution in [-0.2, 0) is 14.4 Å². The lowest BCUT2D eigenvalue weighted by molar-refractivity contribution is -0.384. The van der Waals surface area contributed by atoms with Gasteiger partial charge in [0.05, 0.1) is 23.4 Å². The summed E-state index contributed by atoms with van der Waals surface area (Å²) in [5.74, 6) is -1.66. The van der Waals surface area contributed by atoms with Crippen molar-refractivity contribution in [2.24, 2.45) is 0 Å². The summed E-state index contributed by atoms with van der Waals surface area (Å²) < 4.78 is 10.8. The number of hydrogen-bond acceptors (Lipinski definition) is 8. The minimum absolute atomic E-state index is 0.0362. The number of carbonyl (C=O) groups is 4. The molecule has 0 saturated carbocycles. The smallest absolute Gasteiger partial charge is 0.335 e. The van der Waals surface area contributed by atoms with E-state index in [2.05, 4.69) is 10.6 Å². The van der Waals surface area contributed by atoms with Gasteiger partial charge in [-0.25, -0.2) is 9.69 Å². The van der Waals surface area contributed by atoms with Crippen LogP contribution < -0.4 is 25.0 Å². The number of nitrogens with one attached hydrogen (secondary N) is 2. The number of nitrogens with zero attached hydrogens (tertiary/aromatic N) is 2. The first-order valence-corrected chi connectivity index (χ1v) is 11.1. The summed E-state index contributed by atoms with van der Waals surface area (Å²) in [4.78, 5) is 61.5. The minimum Gasteiger partial charge on any atom is -0.495 e. The van der Waals surface area contributed by atoms with Crippen LogP contribution in [0, 0.1) is 10.1 Å². The van der Waals surface area contributed by atoms with E-state index in [1.807, 2.05) is 0 Å². The van der Waals surface area contributed by atoms with E-state index in [0.717, 1.165) is 12.1 Å². The topological polar surface area (TPSA) is 157 Å². The average Bonchev–Trinajstić information content (AvgIpc) is 2.91. The van der Waals surface area contributed by atoms with E-state index in [-0.39, 0.29) is 29.3 Å². The van der Waals surface area contributed by atoms with Crippen molar-refractivity contribution in [3.05, 3.63) is 94.0 Å². The third-order valence-electron chi connectivity index (χ3n) is 5.38. The van der Waals surface area contributed by atoms with E-state index in [4.69, 9.17) is 9.47 Å². The molecule has 12 nitrogen and oxygen atoms in total. The summed E-state index contributed by atoms with van der Waals surface area (Å²) in [5.41, 5.74) is 0.186. The zero-order chi connectivity index (χ0) is 27.2. The molecule has 1 fully saturated rings. The molecule has 2 N–H and O–H groups in total. The number of amides is 5. The van der Waals surface area contributed by atoms with Gasteiger partial charge < -0.3 is 14.8 Å². The summed E-state index contributed by atoms with van der Waals surface area (Å²) in [7, 11) is 1.48. The summed E-state index contributed by atoms with van der Waals surface area (Å²) in [6.45, 7) is -0.383. The number of hydrogen-bond donors (Lipinski definition) is 2. The fraction of sp³-hybridized carbons (Fsp3) is 0.0769. The maximum absolute atomic E-state index is 13.1.